The van der Waals surface area contributed by atoms with E-state index in [4.69, 9.17) is 10.8 Å². The van der Waals surface area contributed by atoms with Crippen molar-refractivity contribution < 1.29 is 9.90 Å². The molecule has 0 spiro atoms. The van der Waals surface area contributed by atoms with Gasteiger partial charge in [0, 0.05) is 15.4 Å². The van der Waals surface area contributed by atoms with Crippen LogP contribution in [0.3, 0.4) is 0 Å². The van der Waals surface area contributed by atoms with E-state index in [2.05, 4.69) is 15.9 Å². The number of thioether (sulfide) groups is 1. The zero-order valence-electron chi connectivity index (χ0n) is 8.24. The van der Waals surface area contributed by atoms with Crippen LogP contribution in [0, 0.1) is 0 Å². The quantitative estimate of drug-likeness (QED) is 0.837. The van der Waals surface area contributed by atoms with Gasteiger partial charge >= 0.3 is 5.97 Å². The molecule has 5 heteroatoms. The average Bonchev–Trinajstić information content (AvgIpc) is 2.16. The molecule has 0 radical (unpaired) electrons. The minimum Gasteiger partial charge on any atom is -0.481 e. The SMILES string of the molecule is CSc1ccc(Br)cc1C(N)CC(=O)O. The van der Waals surface area contributed by atoms with Crippen LogP contribution in [0.1, 0.15) is 18.0 Å². The number of nitrogens with two attached hydrogens (primary N) is 1. The van der Waals surface area contributed by atoms with Gasteiger partial charge in [-0.1, -0.05) is 15.9 Å². The second-order valence-corrected chi connectivity index (χ2v) is 4.85. The Morgan fingerprint density at radius 2 is 2.33 bits per heavy atom. The monoisotopic (exact) mass is 289 g/mol. The van der Waals surface area contributed by atoms with Gasteiger partial charge in [0.25, 0.3) is 0 Å². The van der Waals surface area contributed by atoms with Crippen molar-refractivity contribution in [3.63, 3.8) is 0 Å². The normalized spacial score (nSPS) is 12.5. The highest BCUT2D eigenvalue weighted by atomic mass is 79.9. The topological polar surface area (TPSA) is 63.3 Å². The Bertz CT molecular complexity index is 370. The van der Waals surface area contributed by atoms with Crippen LogP contribution in [0.4, 0.5) is 0 Å². The smallest absolute Gasteiger partial charge is 0.305 e. The number of hydrogen-bond acceptors (Lipinski definition) is 3. The molecule has 0 saturated heterocycles. The lowest BCUT2D eigenvalue weighted by atomic mass is 10.1. The van der Waals surface area contributed by atoms with Crippen LogP contribution in [0.15, 0.2) is 27.6 Å². The second-order valence-electron chi connectivity index (χ2n) is 3.09. The lowest BCUT2D eigenvalue weighted by Crippen LogP contribution is -2.15. The maximum absolute atomic E-state index is 10.6. The number of benzene rings is 1. The number of aliphatic carboxylic acids is 1. The van der Waals surface area contributed by atoms with Crippen molar-refractivity contribution in [2.75, 3.05) is 6.26 Å². The maximum Gasteiger partial charge on any atom is 0.305 e. The highest BCUT2D eigenvalue weighted by molar-refractivity contribution is 9.10. The van der Waals surface area contributed by atoms with Gasteiger partial charge in [-0.2, -0.15) is 0 Å². The second kappa shape index (κ2) is 5.53. The van der Waals surface area contributed by atoms with Crippen molar-refractivity contribution in [1.29, 1.82) is 0 Å². The van der Waals surface area contributed by atoms with Crippen molar-refractivity contribution in [2.24, 2.45) is 5.73 Å². The summed E-state index contributed by atoms with van der Waals surface area (Å²) in [5.74, 6) is -0.880. The van der Waals surface area contributed by atoms with Gasteiger partial charge in [0.05, 0.1) is 6.42 Å². The van der Waals surface area contributed by atoms with Gasteiger partial charge in [-0.05, 0) is 30.0 Å². The van der Waals surface area contributed by atoms with Crippen LogP contribution >= 0.6 is 27.7 Å². The molecule has 0 heterocycles. The van der Waals surface area contributed by atoms with Gasteiger partial charge in [0.15, 0.2) is 0 Å². The van der Waals surface area contributed by atoms with Crippen molar-refractivity contribution >= 4 is 33.7 Å². The van der Waals surface area contributed by atoms with Crippen LogP contribution in [-0.2, 0) is 4.79 Å². The zero-order valence-corrected chi connectivity index (χ0v) is 10.6. The minimum absolute atomic E-state index is 0.0516. The molecule has 3 N–H and O–H groups in total. The largest absolute Gasteiger partial charge is 0.481 e. The first kappa shape index (κ1) is 12.5. The van der Waals surface area contributed by atoms with Crippen LogP contribution < -0.4 is 5.73 Å². The van der Waals surface area contributed by atoms with Gasteiger partial charge in [-0.3, -0.25) is 4.79 Å². The van der Waals surface area contributed by atoms with E-state index in [1.165, 1.54) is 0 Å². The summed E-state index contributed by atoms with van der Waals surface area (Å²) in [6.45, 7) is 0. The molecule has 1 unspecified atom stereocenters. The average molecular weight is 290 g/mol. The Balaban J connectivity index is 2.99. The summed E-state index contributed by atoms with van der Waals surface area (Å²) in [7, 11) is 0. The fourth-order valence-corrected chi connectivity index (χ4v) is 2.32. The van der Waals surface area contributed by atoms with Crippen molar-refractivity contribution in [2.45, 2.75) is 17.4 Å². The molecule has 3 nitrogen and oxygen atoms in total. The third kappa shape index (κ3) is 3.52. The molecular weight excluding hydrogens is 278 g/mol. The number of halogens is 1. The van der Waals surface area contributed by atoms with Crippen LogP contribution in [0.2, 0.25) is 0 Å². The van der Waals surface area contributed by atoms with E-state index in [1.807, 2.05) is 24.5 Å². The van der Waals surface area contributed by atoms with Crippen molar-refractivity contribution in [3.05, 3.63) is 28.2 Å². The Morgan fingerprint density at radius 1 is 1.67 bits per heavy atom. The lowest BCUT2D eigenvalue weighted by molar-refractivity contribution is -0.137. The van der Waals surface area contributed by atoms with Gasteiger partial charge in [-0.15, -0.1) is 11.8 Å². The fourth-order valence-electron chi connectivity index (χ4n) is 1.29. The first-order valence-corrected chi connectivity index (χ1v) is 6.37. The number of rotatable bonds is 4. The molecular formula is C10H12BrNO2S. The molecule has 1 atom stereocenters. The molecule has 0 aliphatic rings. The first-order chi connectivity index (χ1) is 7.04. The molecule has 0 fully saturated rings. The highest BCUT2D eigenvalue weighted by Gasteiger charge is 2.14. The Morgan fingerprint density at radius 3 is 2.87 bits per heavy atom. The third-order valence-electron chi connectivity index (χ3n) is 1.99. The molecule has 0 aliphatic carbocycles. The van der Waals surface area contributed by atoms with E-state index in [0.717, 1.165) is 14.9 Å². The third-order valence-corrected chi connectivity index (χ3v) is 3.29. The molecule has 1 rings (SSSR count). The molecule has 0 aromatic heterocycles. The van der Waals surface area contributed by atoms with E-state index in [-0.39, 0.29) is 6.42 Å². The standard InChI is InChI=1S/C10H12BrNO2S/c1-15-9-3-2-6(11)4-7(9)8(12)5-10(13)14/h2-4,8H,5,12H2,1H3,(H,13,14). The van der Waals surface area contributed by atoms with Crippen molar-refractivity contribution in [3.8, 4) is 0 Å². The molecule has 0 saturated carbocycles. The van der Waals surface area contributed by atoms with E-state index in [9.17, 15) is 4.79 Å². The van der Waals surface area contributed by atoms with Gasteiger partial charge in [0.2, 0.25) is 0 Å². The molecule has 0 amide bonds. The molecule has 0 aliphatic heterocycles. The number of carboxylic acids is 1. The van der Waals surface area contributed by atoms with Crippen LogP contribution in [-0.4, -0.2) is 17.3 Å². The zero-order chi connectivity index (χ0) is 11.4. The van der Waals surface area contributed by atoms with E-state index in [1.54, 1.807) is 11.8 Å². The number of carbonyl (C=O) groups is 1. The predicted molar refractivity (Wildman–Crippen MR) is 65.1 cm³/mol. The predicted octanol–water partition coefficient (Wildman–Crippen LogP) is 2.65. The first-order valence-electron chi connectivity index (χ1n) is 4.35. The Labute approximate surface area is 101 Å². The summed E-state index contributed by atoms with van der Waals surface area (Å²) in [4.78, 5) is 11.6. The summed E-state index contributed by atoms with van der Waals surface area (Å²) < 4.78 is 0.913. The summed E-state index contributed by atoms with van der Waals surface area (Å²) >= 11 is 4.91. The summed E-state index contributed by atoms with van der Waals surface area (Å²) in [5, 5.41) is 8.68. The Hall–Kier alpha value is -0.520. The maximum atomic E-state index is 10.6. The summed E-state index contributed by atoms with van der Waals surface area (Å²) in [5.41, 5.74) is 6.70. The van der Waals surface area contributed by atoms with Gasteiger partial charge in [-0.25, -0.2) is 0 Å². The number of carboxylic acid groups (broad SMARTS) is 1. The van der Waals surface area contributed by atoms with Crippen molar-refractivity contribution in [1.82, 2.24) is 0 Å². The minimum atomic E-state index is -0.880. The molecule has 1 aromatic carbocycles. The van der Waals surface area contributed by atoms with E-state index < -0.39 is 12.0 Å². The Kier molecular flexibility index (Phi) is 4.63. The van der Waals surface area contributed by atoms with E-state index >= 15 is 0 Å². The highest BCUT2D eigenvalue weighted by Crippen LogP contribution is 2.29. The van der Waals surface area contributed by atoms with Crippen LogP contribution in [0.25, 0.3) is 0 Å². The van der Waals surface area contributed by atoms with E-state index in [0.29, 0.717) is 0 Å². The van der Waals surface area contributed by atoms with Gasteiger partial charge < -0.3 is 10.8 Å². The molecule has 82 valence electrons. The fraction of sp³-hybridized carbons (Fsp3) is 0.300. The molecule has 0 bridgehead atoms. The summed E-state index contributed by atoms with van der Waals surface area (Å²) in [6, 6.07) is 5.27. The molecule has 1 aromatic rings. The van der Waals surface area contributed by atoms with Crippen LogP contribution in [0.5, 0.6) is 0 Å². The number of hydrogen-bond donors (Lipinski definition) is 2. The molecule has 15 heavy (non-hydrogen) atoms. The van der Waals surface area contributed by atoms with Gasteiger partial charge in [0.1, 0.15) is 0 Å². The lowest BCUT2D eigenvalue weighted by Gasteiger charge is -2.13. The summed E-state index contributed by atoms with van der Waals surface area (Å²) in [6.07, 6.45) is 1.89.